The summed E-state index contributed by atoms with van der Waals surface area (Å²) in [5.41, 5.74) is 2.47. The number of nitrogens with zero attached hydrogens (tertiary/aromatic N) is 2. The van der Waals surface area contributed by atoms with Crippen molar-refractivity contribution in [3.8, 4) is 0 Å². The third-order valence-corrected chi connectivity index (χ3v) is 3.21. The standard InChI is InChI=1S/C12H15N3O/c1-7-5-6-13-10(7)12-15-11-9(16-12)4-3-8(2)14-11/h3-4,7,10,13H,5-6H2,1-2H3. The van der Waals surface area contributed by atoms with Crippen LogP contribution in [0.25, 0.3) is 11.2 Å². The fraction of sp³-hybridized carbons (Fsp3) is 0.500. The highest BCUT2D eigenvalue weighted by atomic mass is 16.3. The minimum absolute atomic E-state index is 0.245. The lowest BCUT2D eigenvalue weighted by Crippen LogP contribution is -2.16. The quantitative estimate of drug-likeness (QED) is 0.795. The van der Waals surface area contributed by atoms with Crippen LogP contribution in [0.4, 0.5) is 0 Å². The van der Waals surface area contributed by atoms with E-state index in [1.165, 1.54) is 6.42 Å². The molecule has 84 valence electrons. The molecular weight excluding hydrogens is 202 g/mol. The van der Waals surface area contributed by atoms with Gasteiger partial charge in [0, 0.05) is 5.69 Å². The van der Waals surface area contributed by atoms with Crippen molar-refractivity contribution in [1.29, 1.82) is 0 Å². The van der Waals surface area contributed by atoms with Crippen molar-refractivity contribution in [2.45, 2.75) is 26.3 Å². The molecule has 1 N–H and O–H groups in total. The Bertz CT molecular complexity index is 520. The van der Waals surface area contributed by atoms with Crippen LogP contribution in [0.2, 0.25) is 0 Å². The van der Waals surface area contributed by atoms with Gasteiger partial charge in [0.25, 0.3) is 0 Å². The van der Waals surface area contributed by atoms with Crippen LogP contribution in [0.3, 0.4) is 0 Å². The van der Waals surface area contributed by atoms with Gasteiger partial charge in [0.05, 0.1) is 6.04 Å². The fourth-order valence-corrected chi connectivity index (χ4v) is 2.23. The summed E-state index contributed by atoms with van der Waals surface area (Å²) < 4.78 is 5.74. The minimum Gasteiger partial charge on any atom is -0.437 e. The van der Waals surface area contributed by atoms with Crippen LogP contribution in [0.15, 0.2) is 16.5 Å². The zero-order chi connectivity index (χ0) is 11.1. The van der Waals surface area contributed by atoms with Crippen molar-refractivity contribution in [2.24, 2.45) is 5.92 Å². The largest absolute Gasteiger partial charge is 0.437 e. The zero-order valence-electron chi connectivity index (χ0n) is 9.53. The highest BCUT2D eigenvalue weighted by molar-refractivity contribution is 5.67. The van der Waals surface area contributed by atoms with Crippen LogP contribution < -0.4 is 5.32 Å². The number of aryl methyl sites for hydroxylation is 1. The summed E-state index contributed by atoms with van der Waals surface area (Å²) in [7, 11) is 0. The summed E-state index contributed by atoms with van der Waals surface area (Å²) in [5.74, 6) is 1.35. The molecule has 0 aromatic carbocycles. The molecule has 2 atom stereocenters. The van der Waals surface area contributed by atoms with E-state index >= 15 is 0 Å². The molecule has 0 saturated carbocycles. The van der Waals surface area contributed by atoms with Crippen molar-refractivity contribution in [2.75, 3.05) is 6.54 Å². The van der Waals surface area contributed by atoms with Crippen molar-refractivity contribution in [3.05, 3.63) is 23.7 Å². The Labute approximate surface area is 94.1 Å². The van der Waals surface area contributed by atoms with Gasteiger partial charge in [-0.15, -0.1) is 0 Å². The number of oxazole rings is 1. The number of rotatable bonds is 1. The maximum absolute atomic E-state index is 5.74. The third kappa shape index (κ3) is 1.50. The van der Waals surface area contributed by atoms with Gasteiger partial charge in [-0.05, 0) is 37.9 Å². The highest BCUT2D eigenvalue weighted by Gasteiger charge is 2.28. The molecule has 0 radical (unpaired) electrons. The second kappa shape index (κ2) is 3.56. The lowest BCUT2D eigenvalue weighted by molar-refractivity contribution is 0.394. The van der Waals surface area contributed by atoms with Gasteiger partial charge in [0.15, 0.2) is 11.2 Å². The van der Waals surface area contributed by atoms with Gasteiger partial charge >= 0.3 is 0 Å². The molecule has 4 nitrogen and oxygen atoms in total. The minimum atomic E-state index is 0.245. The van der Waals surface area contributed by atoms with Crippen LogP contribution in [0.1, 0.15) is 31.0 Å². The van der Waals surface area contributed by atoms with E-state index in [-0.39, 0.29) is 6.04 Å². The Morgan fingerprint density at radius 1 is 1.38 bits per heavy atom. The van der Waals surface area contributed by atoms with Crippen LogP contribution >= 0.6 is 0 Å². The van der Waals surface area contributed by atoms with E-state index in [1.54, 1.807) is 0 Å². The Morgan fingerprint density at radius 3 is 3.00 bits per heavy atom. The molecule has 0 bridgehead atoms. The molecule has 1 fully saturated rings. The number of pyridine rings is 1. The Balaban J connectivity index is 2.04. The van der Waals surface area contributed by atoms with Gasteiger partial charge in [-0.3, -0.25) is 0 Å². The first-order valence-electron chi connectivity index (χ1n) is 5.71. The van der Waals surface area contributed by atoms with Crippen LogP contribution in [0.5, 0.6) is 0 Å². The number of fused-ring (bicyclic) bond motifs is 1. The predicted octanol–water partition coefficient (Wildman–Crippen LogP) is 2.20. The predicted molar refractivity (Wildman–Crippen MR) is 61.1 cm³/mol. The van der Waals surface area contributed by atoms with Gasteiger partial charge in [-0.1, -0.05) is 6.92 Å². The molecule has 4 heteroatoms. The van der Waals surface area contributed by atoms with E-state index in [1.807, 2.05) is 19.1 Å². The smallest absolute Gasteiger partial charge is 0.214 e. The molecule has 1 aliphatic heterocycles. The number of hydrogen-bond acceptors (Lipinski definition) is 4. The van der Waals surface area contributed by atoms with E-state index in [2.05, 4.69) is 22.2 Å². The molecule has 1 saturated heterocycles. The third-order valence-electron chi connectivity index (χ3n) is 3.21. The first-order valence-corrected chi connectivity index (χ1v) is 5.71. The molecule has 2 aromatic heterocycles. The summed E-state index contributed by atoms with van der Waals surface area (Å²) in [4.78, 5) is 8.83. The van der Waals surface area contributed by atoms with Crippen molar-refractivity contribution in [1.82, 2.24) is 15.3 Å². The maximum atomic E-state index is 5.74. The topological polar surface area (TPSA) is 51.0 Å². The number of hydrogen-bond donors (Lipinski definition) is 1. The Morgan fingerprint density at radius 2 is 2.25 bits per heavy atom. The van der Waals surface area contributed by atoms with E-state index in [4.69, 9.17) is 4.42 Å². The lowest BCUT2D eigenvalue weighted by Gasteiger charge is -2.09. The lowest BCUT2D eigenvalue weighted by atomic mass is 10.0. The van der Waals surface area contributed by atoms with Crippen LogP contribution in [0, 0.1) is 12.8 Å². The molecule has 16 heavy (non-hydrogen) atoms. The summed E-state index contributed by atoms with van der Waals surface area (Å²) in [5, 5.41) is 3.41. The molecule has 1 aliphatic rings. The fourth-order valence-electron chi connectivity index (χ4n) is 2.23. The summed E-state index contributed by atoms with van der Waals surface area (Å²) in [6.07, 6.45) is 1.18. The highest BCUT2D eigenvalue weighted by Crippen LogP contribution is 2.30. The van der Waals surface area contributed by atoms with Crippen molar-refractivity contribution >= 4 is 11.2 Å². The molecule has 3 rings (SSSR count). The second-order valence-electron chi connectivity index (χ2n) is 4.52. The Kier molecular flexibility index (Phi) is 2.17. The average molecular weight is 217 g/mol. The first-order chi connectivity index (χ1) is 7.74. The number of nitrogens with one attached hydrogen (secondary N) is 1. The van der Waals surface area contributed by atoms with Gasteiger partial charge in [-0.25, -0.2) is 4.98 Å². The summed E-state index contributed by atoms with van der Waals surface area (Å²) in [6, 6.07) is 4.13. The SMILES string of the molecule is Cc1ccc2oc(C3NCCC3C)nc2n1. The van der Waals surface area contributed by atoms with Gasteiger partial charge in [-0.2, -0.15) is 4.98 Å². The molecule has 2 aromatic rings. The van der Waals surface area contributed by atoms with Gasteiger partial charge < -0.3 is 9.73 Å². The average Bonchev–Trinajstić information content (AvgIpc) is 2.82. The van der Waals surface area contributed by atoms with E-state index < -0.39 is 0 Å². The number of aromatic nitrogens is 2. The van der Waals surface area contributed by atoms with E-state index in [0.29, 0.717) is 5.92 Å². The normalized spacial score (nSPS) is 25.4. The maximum Gasteiger partial charge on any atom is 0.214 e. The summed E-state index contributed by atoms with van der Waals surface area (Å²) >= 11 is 0. The molecule has 0 aliphatic carbocycles. The molecule has 3 heterocycles. The molecular formula is C12H15N3O. The van der Waals surface area contributed by atoms with Crippen molar-refractivity contribution < 1.29 is 4.42 Å². The Hall–Kier alpha value is -1.42. The molecule has 0 amide bonds. The zero-order valence-corrected chi connectivity index (χ0v) is 9.53. The van der Waals surface area contributed by atoms with Gasteiger partial charge in [0.1, 0.15) is 0 Å². The van der Waals surface area contributed by atoms with Crippen LogP contribution in [-0.2, 0) is 0 Å². The molecule has 0 spiro atoms. The monoisotopic (exact) mass is 217 g/mol. The van der Waals surface area contributed by atoms with Crippen LogP contribution in [-0.4, -0.2) is 16.5 Å². The summed E-state index contributed by atoms with van der Waals surface area (Å²) in [6.45, 7) is 5.22. The van der Waals surface area contributed by atoms with E-state index in [0.717, 1.165) is 29.4 Å². The molecule has 2 unspecified atom stereocenters. The van der Waals surface area contributed by atoms with Gasteiger partial charge in [0.2, 0.25) is 5.89 Å². The second-order valence-corrected chi connectivity index (χ2v) is 4.52. The van der Waals surface area contributed by atoms with E-state index in [9.17, 15) is 0 Å². The first kappa shape index (κ1) is 9.78. The van der Waals surface area contributed by atoms with Crippen molar-refractivity contribution in [3.63, 3.8) is 0 Å².